The van der Waals surface area contributed by atoms with Crippen LogP contribution in [0.4, 0.5) is 0 Å². The number of hydrogen-bond acceptors (Lipinski definition) is 8. The summed E-state index contributed by atoms with van der Waals surface area (Å²) in [5.41, 5.74) is -1.33. The van der Waals surface area contributed by atoms with Crippen LogP contribution in [0.3, 0.4) is 0 Å². The number of rotatable bonds is 6. The molecule has 0 bridgehead atoms. The lowest BCUT2D eigenvalue weighted by Crippen LogP contribution is -2.59. The van der Waals surface area contributed by atoms with Gasteiger partial charge in [0.15, 0.2) is 12.4 Å². The van der Waals surface area contributed by atoms with Crippen molar-refractivity contribution in [2.24, 2.45) is 44.8 Å². The molecule has 0 aromatic carbocycles. The lowest BCUT2D eigenvalue weighted by atomic mass is 9.41. The number of esters is 1. The molecule has 0 aromatic heterocycles. The molecule has 7 fully saturated rings. The van der Waals surface area contributed by atoms with E-state index in [-0.39, 0.29) is 45.9 Å². The Kier molecular flexibility index (Phi) is 7.96. The number of nitrogens with zero attached hydrogens (tertiary/aromatic N) is 1. The smallest absolute Gasteiger partial charge is 0.303 e. The summed E-state index contributed by atoms with van der Waals surface area (Å²) >= 11 is 0. The maximum absolute atomic E-state index is 12.5. The van der Waals surface area contributed by atoms with Crippen LogP contribution in [-0.2, 0) is 23.7 Å². The Bertz CT molecular complexity index is 1200. The quantitative estimate of drug-likeness (QED) is 0.349. The highest BCUT2D eigenvalue weighted by molar-refractivity contribution is 5.66. The van der Waals surface area contributed by atoms with Crippen molar-refractivity contribution in [2.75, 3.05) is 26.2 Å². The van der Waals surface area contributed by atoms with Crippen molar-refractivity contribution in [2.45, 2.75) is 144 Å². The molecule has 7 aliphatic rings. The zero-order valence-corrected chi connectivity index (χ0v) is 29.9. The molecular formula is C38H60NO7. The Morgan fingerprint density at radius 3 is 2.57 bits per heavy atom. The predicted octanol–water partition coefficient (Wildman–Crippen LogP) is 5.85. The van der Waals surface area contributed by atoms with Gasteiger partial charge in [0.05, 0.1) is 24.4 Å². The van der Waals surface area contributed by atoms with Crippen LogP contribution >= 0.6 is 0 Å². The van der Waals surface area contributed by atoms with E-state index in [1.165, 1.54) is 26.2 Å². The minimum Gasteiger partial charge on any atom is -0.456 e. The first kappa shape index (κ1) is 33.7. The minimum absolute atomic E-state index is 0.0497. The number of morpholine rings is 1. The number of aliphatic hydroxyl groups is 2. The molecule has 11 atom stereocenters. The van der Waals surface area contributed by atoms with Gasteiger partial charge in [-0.1, -0.05) is 41.5 Å². The van der Waals surface area contributed by atoms with Crippen molar-refractivity contribution in [1.29, 1.82) is 0 Å². The summed E-state index contributed by atoms with van der Waals surface area (Å²) < 4.78 is 25.2. The van der Waals surface area contributed by atoms with Crippen LogP contribution in [0.2, 0.25) is 0 Å². The molecule has 8 nitrogen and oxygen atoms in total. The van der Waals surface area contributed by atoms with E-state index in [2.05, 4.69) is 46.4 Å². The molecule has 0 aromatic rings. The lowest BCUT2D eigenvalue weighted by molar-refractivity contribution is -0.243. The van der Waals surface area contributed by atoms with E-state index in [1.54, 1.807) is 19.8 Å². The maximum atomic E-state index is 12.5. The zero-order valence-electron chi connectivity index (χ0n) is 29.9. The highest BCUT2D eigenvalue weighted by Crippen LogP contribution is 2.90. The van der Waals surface area contributed by atoms with Crippen molar-refractivity contribution in [1.82, 2.24) is 4.90 Å². The first-order valence-electron chi connectivity index (χ1n) is 18.3. The van der Waals surface area contributed by atoms with Crippen LogP contribution in [0.5, 0.6) is 0 Å². The van der Waals surface area contributed by atoms with E-state index in [4.69, 9.17) is 18.9 Å². The molecule has 1 unspecified atom stereocenters. The molecule has 2 aliphatic heterocycles. The van der Waals surface area contributed by atoms with Crippen LogP contribution < -0.4 is 0 Å². The summed E-state index contributed by atoms with van der Waals surface area (Å²) in [6.45, 7) is 22.4. The fraction of sp³-hybridized carbons (Fsp3) is 0.895. The van der Waals surface area contributed by atoms with Gasteiger partial charge in [-0.25, -0.2) is 0 Å². The standard InChI is InChI=1S/C38H60NO7/c1-10-39-17-18-43-28(20-39)46-27-13-14-37-21-38(37)16-15-35(8)29-22(2)19-24(32(34(6,7)42)44-23(3)40)45-30(29)31(41)36(35,9)26(38)12-11-25(37)33(27,4)5/h22,25,27-29,31-32,41-42H,10-21H2,1-9H3/t22-,25+,27?,28+,29+,31+,32+,35-,36-,37-,38+/m1/s1. The van der Waals surface area contributed by atoms with Gasteiger partial charge in [0.2, 0.25) is 0 Å². The number of aliphatic hydroxyl groups excluding tert-OH is 1. The number of ether oxygens (including phenoxy) is 4. The van der Waals surface area contributed by atoms with Crippen molar-refractivity contribution in [3.63, 3.8) is 0 Å². The molecule has 2 saturated heterocycles. The number of carbonyl (C=O) groups is 1. The Hall–Kier alpha value is -0.770. The molecule has 3 radical (unpaired) electrons. The van der Waals surface area contributed by atoms with Gasteiger partial charge < -0.3 is 29.2 Å². The van der Waals surface area contributed by atoms with Gasteiger partial charge in [-0.3, -0.25) is 9.69 Å². The topological polar surface area (TPSA) is 97.7 Å². The van der Waals surface area contributed by atoms with Gasteiger partial charge in [0, 0.05) is 31.3 Å². The van der Waals surface area contributed by atoms with Gasteiger partial charge in [0.1, 0.15) is 12.2 Å². The van der Waals surface area contributed by atoms with Gasteiger partial charge in [-0.15, -0.1) is 0 Å². The van der Waals surface area contributed by atoms with Crippen LogP contribution in [0.1, 0.15) is 114 Å². The Morgan fingerprint density at radius 2 is 1.89 bits per heavy atom. The van der Waals surface area contributed by atoms with E-state index in [1.807, 2.05) is 0 Å². The van der Waals surface area contributed by atoms with Gasteiger partial charge in [-0.05, 0) is 111 Å². The first-order chi connectivity index (χ1) is 21.5. The molecule has 2 N–H and O–H groups in total. The summed E-state index contributed by atoms with van der Waals surface area (Å²) in [4.78, 5) is 14.5. The second kappa shape index (κ2) is 10.9. The molecule has 2 spiro atoms. The Morgan fingerprint density at radius 1 is 1.15 bits per heavy atom. The van der Waals surface area contributed by atoms with Gasteiger partial charge in [-0.2, -0.15) is 0 Å². The third-order valence-corrected chi connectivity index (χ3v) is 15.1. The first-order valence-corrected chi connectivity index (χ1v) is 18.3. The molecule has 0 amide bonds. The number of hydrogen-bond donors (Lipinski definition) is 2. The molecule has 8 heteroatoms. The summed E-state index contributed by atoms with van der Waals surface area (Å²) in [6, 6.07) is 0. The monoisotopic (exact) mass is 642 g/mol. The average molecular weight is 643 g/mol. The molecule has 46 heavy (non-hydrogen) atoms. The third-order valence-electron chi connectivity index (χ3n) is 15.1. The van der Waals surface area contributed by atoms with Crippen LogP contribution in [0.25, 0.3) is 0 Å². The van der Waals surface area contributed by atoms with E-state index >= 15 is 0 Å². The fourth-order valence-corrected chi connectivity index (χ4v) is 12.8. The van der Waals surface area contributed by atoms with Crippen LogP contribution in [0, 0.1) is 63.0 Å². The predicted molar refractivity (Wildman–Crippen MR) is 173 cm³/mol. The Labute approximate surface area is 277 Å². The summed E-state index contributed by atoms with van der Waals surface area (Å²) in [6.07, 6.45) is 8.21. The average Bonchev–Trinajstić information content (AvgIpc) is 3.61. The SMILES string of the molecule is CCN1CCO[C@@H](OC2CC[C@]34C[C@]35CC[C@]3(C)[C@@H]6[C](O[C]([C@H](OC(C)=O)C(C)(C)O)C[C@H]6C)[C@H](O)[C@@]3(C)[C]5CC[C@H]4C2(C)C)C1. The van der Waals surface area contributed by atoms with E-state index in [0.29, 0.717) is 18.4 Å². The number of fused-ring (bicyclic) bond motifs is 4. The van der Waals surface area contributed by atoms with Crippen LogP contribution in [0.15, 0.2) is 0 Å². The van der Waals surface area contributed by atoms with Crippen molar-refractivity contribution in [3.05, 3.63) is 18.1 Å². The Balaban J connectivity index is 1.14. The van der Waals surface area contributed by atoms with Crippen molar-refractivity contribution < 1.29 is 34.0 Å². The molecular weight excluding hydrogens is 582 g/mol. The zero-order chi connectivity index (χ0) is 33.2. The van der Waals surface area contributed by atoms with Gasteiger partial charge in [0.25, 0.3) is 0 Å². The summed E-state index contributed by atoms with van der Waals surface area (Å²) in [5, 5.41) is 23.5. The number of likely N-dealkylation sites (N-methyl/N-ethyl adjacent to an activating group) is 1. The highest BCUT2D eigenvalue weighted by atomic mass is 16.7. The third kappa shape index (κ3) is 4.48. The highest BCUT2D eigenvalue weighted by Gasteiger charge is 2.85. The van der Waals surface area contributed by atoms with Crippen molar-refractivity contribution in [3.8, 4) is 0 Å². The maximum Gasteiger partial charge on any atom is 0.303 e. The normalized spacial score (nSPS) is 48.4. The molecule has 2 heterocycles. The molecule has 259 valence electrons. The second-order valence-corrected chi connectivity index (χ2v) is 18.0. The fourth-order valence-electron chi connectivity index (χ4n) is 12.8. The van der Waals surface area contributed by atoms with Crippen LogP contribution in [-0.4, -0.2) is 77.5 Å². The van der Waals surface area contributed by atoms with E-state index < -0.39 is 29.2 Å². The van der Waals surface area contributed by atoms with E-state index in [9.17, 15) is 15.0 Å². The molecule has 5 aliphatic carbocycles. The largest absolute Gasteiger partial charge is 0.456 e. The summed E-state index contributed by atoms with van der Waals surface area (Å²) in [5.74, 6) is 2.03. The lowest BCUT2D eigenvalue weighted by Gasteiger charge is -2.63. The number of carbonyl (C=O) groups excluding carboxylic acids is 1. The second-order valence-electron chi connectivity index (χ2n) is 18.0. The van der Waals surface area contributed by atoms with Crippen molar-refractivity contribution >= 4 is 5.97 Å². The van der Waals surface area contributed by atoms with Gasteiger partial charge >= 0.3 is 5.97 Å². The molecule has 7 rings (SSSR count). The molecule has 5 saturated carbocycles. The summed E-state index contributed by atoms with van der Waals surface area (Å²) in [7, 11) is 0. The minimum atomic E-state index is -1.30. The van der Waals surface area contributed by atoms with E-state index in [0.717, 1.165) is 58.0 Å².